The Hall–Kier alpha value is -3.36. The number of rotatable bonds is 8. The molecule has 0 amide bonds. The van der Waals surface area contributed by atoms with Crippen LogP contribution < -0.4 is 9.47 Å². The molecule has 3 aromatic carbocycles. The van der Waals surface area contributed by atoms with Crippen LogP contribution >= 0.6 is 15.9 Å². The lowest BCUT2D eigenvalue weighted by Gasteiger charge is -2.17. The first-order valence-corrected chi connectivity index (χ1v) is 10.6. The van der Waals surface area contributed by atoms with Crippen molar-refractivity contribution in [3.8, 4) is 11.5 Å². The maximum absolute atomic E-state index is 13.4. The molecule has 0 heterocycles. The molecular weight excluding hydrogens is 613 g/mol. The quantitative estimate of drug-likeness (QED) is 0.187. The van der Waals surface area contributed by atoms with E-state index in [1.54, 1.807) is 0 Å². The van der Waals surface area contributed by atoms with Crippen molar-refractivity contribution in [2.24, 2.45) is 0 Å². The lowest BCUT2D eigenvalue weighted by atomic mass is 10.0. The van der Waals surface area contributed by atoms with Crippen LogP contribution in [0.5, 0.6) is 11.5 Å². The van der Waals surface area contributed by atoms with Crippen molar-refractivity contribution in [1.29, 1.82) is 0 Å². The molecule has 0 N–H and O–H groups in total. The Morgan fingerprint density at radius 3 is 1.53 bits per heavy atom. The molecule has 0 atom stereocenters. The molecule has 0 aromatic heterocycles. The zero-order valence-corrected chi connectivity index (χ0v) is 19.8. The molecule has 0 spiro atoms. The monoisotopic (exact) mass is 624 g/mol. The number of hydrogen-bond acceptors (Lipinski definition) is 3. The van der Waals surface area contributed by atoms with Crippen molar-refractivity contribution >= 4 is 21.7 Å². The van der Waals surface area contributed by atoms with Gasteiger partial charge in [-0.2, -0.15) is 35.1 Å². The molecule has 15 heteroatoms. The van der Waals surface area contributed by atoms with Gasteiger partial charge in [-0.05, 0) is 48.5 Å². The van der Waals surface area contributed by atoms with Crippen LogP contribution in [0.15, 0.2) is 65.1 Å². The second-order valence-electron chi connectivity index (χ2n) is 7.05. The third kappa shape index (κ3) is 8.89. The lowest BCUT2D eigenvalue weighted by molar-refractivity contribution is -0.253. The van der Waals surface area contributed by atoms with Gasteiger partial charge >= 0.3 is 25.1 Å². The van der Waals surface area contributed by atoms with Crippen LogP contribution in [0.1, 0.15) is 15.9 Å². The first-order chi connectivity index (χ1) is 17.5. The van der Waals surface area contributed by atoms with E-state index in [4.69, 9.17) is 0 Å². The molecule has 0 bridgehead atoms. The van der Waals surface area contributed by atoms with Crippen molar-refractivity contribution in [3.05, 3.63) is 93.7 Å². The van der Waals surface area contributed by atoms with Crippen LogP contribution in [0.2, 0.25) is 0 Å². The predicted molar refractivity (Wildman–Crippen MR) is 113 cm³/mol. The van der Waals surface area contributed by atoms with Gasteiger partial charge in [0.25, 0.3) is 0 Å². The minimum absolute atomic E-state index is 0.0384. The third-order valence-electron chi connectivity index (χ3n) is 4.09. The summed E-state index contributed by atoms with van der Waals surface area (Å²) in [5.74, 6) is -5.02. The van der Waals surface area contributed by atoms with Crippen molar-refractivity contribution in [2.45, 2.75) is 25.1 Å². The van der Waals surface area contributed by atoms with Crippen LogP contribution in [0.3, 0.4) is 0 Å². The van der Waals surface area contributed by atoms with E-state index in [0.717, 1.165) is 42.5 Å². The molecule has 0 aliphatic carbocycles. The Balaban J connectivity index is 0.000000293. The highest BCUT2D eigenvalue weighted by atomic mass is 79.9. The van der Waals surface area contributed by atoms with Gasteiger partial charge in [0.15, 0.2) is 5.78 Å². The zero-order chi connectivity index (χ0) is 28.8. The number of halogens is 12. The predicted octanol–water partition coefficient (Wildman–Crippen LogP) is 8.26. The molecule has 0 radical (unpaired) electrons. The highest BCUT2D eigenvalue weighted by molar-refractivity contribution is 9.10. The summed E-state index contributed by atoms with van der Waals surface area (Å²) in [7, 11) is 0. The number of hydrogen-bond donors (Lipinski definition) is 0. The fraction of sp³-hybridized carbons (Fsp3) is 0.174. The summed E-state index contributed by atoms with van der Waals surface area (Å²) in [5, 5.41) is 0. The van der Waals surface area contributed by atoms with Gasteiger partial charge < -0.3 is 9.47 Å². The maximum Gasteiger partial charge on any atom is 0.461 e. The van der Waals surface area contributed by atoms with Crippen LogP contribution in [-0.2, 0) is 0 Å². The number of ketones is 1. The van der Waals surface area contributed by atoms with Gasteiger partial charge in [-0.1, -0.05) is 15.9 Å². The number of carbonyl (C=O) groups is 1. The third-order valence-corrected chi connectivity index (χ3v) is 4.55. The summed E-state index contributed by atoms with van der Waals surface area (Å²) < 4.78 is 144. The summed E-state index contributed by atoms with van der Waals surface area (Å²) in [6.45, 7) is 0. The standard InChI is InChI=1S/C15H8F6O2.C8H4BrF5O/c16-10-3-1-8(2-4-10)13(22)9-5-11(17)7-12(6-9)23-15(20,21)14(18)19;9-4-1-5(10)3-6(2-4)15-8(13,14)7(11)12/h1-7,14H;1-3,7H. The average molecular weight is 625 g/mol. The van der Waals surface area contributed by atoms with Gasteiger partial charge in [-0.15, -0.1) is 0 Å². The molecule has 3 rings (SSSR count). The topological polar surface area (TPSA) is 35.5 Å². The Morgan fingerprint density at radius 2 is 1.08 bits per heavy atom. The zero-order valence-electron chi connectivity index (χ0n) is 18.2. The largest absolute Gasteiger partial charge is 0.461 e. The highest BCUT2D eigenvalue weighted by Crippen LogP contribution is 2.30. The minimum atomic E-state index is -4.83. The molecule has 3 aromatic rings. The first-order valence-electron chi connectivity index (χ1n) is 9.77. The van der Waals surface area contributed by atoms with E-state index in [0.29, 0.717) is 18.2 Å². The normalized spacial score (nSPS) is 11.7. The SMILES string of the molecule is Fc1cc(Br)cc(OC(F)(F)C(F)F)c1.O=C(c1ccc(F)cc1)c1cc(F)cc(OC(F)(F)C(F)F)c1. The maximum atomic E-state index is 13.4. The van der Waals surface area contributed by atoms with Gasteiger partial charge in [0.2, 0.25) is 0 Å². The Kier molecular flexibility index (Phi) is 10.1. The molecule has 38 heavy (non-hydrogen) atoms. The van der Waals surface area contributed by atoms with Crippen molar-refractivity contribution in [2.75, 3.05) is 0 Å². The molecule has 3 nitrogen and oxygen atoms in total. The average Bonchev–Trinajstić information content (AvgIpc) is 2.77. The van der Waals surface area contributed by atoms with Crippen LogP contribution in [0.4, 0.5) is 48.3 Å². The fourth-order valence-electron chi connectivity index (χ4n) is 2.51. The molecule has 0 aliphatic rings. The molecule has 0 unspecified atom stereocenters. The van der Waals surface area contributed by atoms with E-state index in [1.165, 1.54) is 0 Å². The van der Waals surface area contributed by atoms with E-state index in [1.807, 2.05) is 0 Å². The summed E-state index contributed by atoms with van der Waals surface area (Å²) in [4.78, 5) is 12.1. The number of alkyl halides is 8. The lowest BCUT2D eigenvalue weighted by Crippen LogP contribution is -2.33. The highest BCUT2D eigenvalue weighted by Gasteiger charge is 2.44. The summed E-state index contributed by atoms with van der Waals surface area (Å²) in [6.07, 6.45) is -17.6. The molecular formula is C23H12BrF11O3. The van der Waals surface area contributed by atoms with Gasteiger partial charge in [-0.3, -0.25) is 4.79 Å². The van der Waals surface area contributed by atoms with Gasteiger partial charge in [-0.25, -0.2) is 13.2 Å². The second-order valence-corrected chi connectivity index (χ2v) is 7.96. The van der Waals surface area contributed by atoms with Crippen molar-refractivity contribution < 1.29 is 62.6 Å². The van der Waals surface area contributed by atoms with Crippen LogP contribution in [-0.4, -0.2) is 30.9 Å². The van der Waals surface area contributed by atoms with Crippen molar-refractivity contribution in [1.82, 2.24) is 0 Å². The molecule has 0 saturated heterocycles. The summed E-state index contributed by atoms with van der Waals surface area (Å²) >= 11 is 2.81. The number of benzene rings is 3. The van der Waals surface area contributed by atoms with E-state index in [9.17, 15) is 53.1 Å². The summed E-state index contributed by atoms with van der Waals surface area (Å²) in [5.41, 5.74) is -0.444. The van der Waals surface area contributed by atoms with Crippen LogP contribution in [0.25, 0.3) is 0 Å². The number of carbonyl (C=O) groups excluding carboxylic acids is 1. The molecule has 0 aliphatic heterocycles. The Bertz CT molecular complexity index is 1230. The van der Waals surface area contributed by atoms with Gasteiger partial charge in [0, 0.05) is 27.7 Å². The fourth-order valence-corrected chi connectivity index (χ4v) is 2.96. The minimum Gasteiger partial charge on any atom is -0.428 e. The second kappa shape index (κ2) is 12.5. The smallest absolute Gasteiger partial charge is 0.428 e. The first kappa shape index (κ1) is 30.9. The van der Waals surface area contributed by atoms with Crippen molar-refractivity contribution in [3.63, 3.8) is 0 Å². The summed E-state index contributed by atoms with van der Waals surface area (Å²) in [6, 6.07) is 8.56. The van der Waals surface area contributed by atoms with E-state index in [2.05, 4.69) is 25.4 Å². The molecule has 206 valence electrons. The molecule has 0 fully saturated rings. The Labute approximate surface area is 214 Å². The molecule has 0 saturated carbocycles. The number of ether oxygens (including phenoxy) is 2. The van der Waals surface area contributed by atoms with E-state index < -0.39 is 65.4 Å². The van der Waals surface area contributed by atoms with E-state index in [-0.39, 0.29) is 10.0 Å². The van der Waals surface area contributed by atoms with Gasteiger partial charge in [0.1, 0.15) is 29.0 Å². The van der Waals surface area contributed by atoms with Crippen LogP contribution in [0, 0.1) is 17.5 Å². The van der Waals surface area contributed by atoms with Gasteiger partial charge in [0.05, 0.1) is 0 Å². The van der Waals surface area contributed by atoms with E-state index >= 15 is 0 Å². The Morgan fingerprint density at radius 1 is 0.632 bits per heavy atom.